The summed E-state index contributed by atoms with van der Waals surface area (Å²) in [5, 5.41) is 5.80. The molecule has 0 radical (unpaired) electrons. The Balaban J connectivity index is 1.70. The van der Waals surface area contributed by atoms with Crippen LogP contribution >= 0.6 is 11.6 Å². The fraction of sp³-hybridized carbons (Fsp3) is 0.500. The van der Waals surface area contributed by atoms with E-state index in [1.807, 2.05) is 52.0 Å². The Morgan fingerprint density at radius 1 is 1.29 bits per heavy atom. The van der Waals surface area contributed by atoms with Crippen molar-refractivity contribution < 1.29 is 14.3 Å². The number of ether oxygens (including phenoxy) is 2. The van der Waals surface area contributed by atoms with Crippen LogP contribution in [0.5, 0.6) is 5.75 Å². The molecule has 0 aromatic heterocycles. The zero-order valence-electron chi connectivity index (χ0n) is 17.0. The number of benzene rings is 2. The van der Waals surface area contributed by atoms with Gasteiger partial charge in [-0.2, -0.15) is 0 Å². The summed E-state index contributed by atoms with van der Waals surface area (Å²) in [5.41, 5.74) is 0.683. The lowest BCUT2D eigenvalue weighted by molar-refractivity contribution is 0.0505. The van der Waals surface area contributed by atoms with Gasteiger partial charge in [-0.05, 0) is 51.1 Å². The summed E-state index contributed by atoms with van der Waals surface area (Å²) in [4.78, 5) is 14.3. The number of fused-ring (bicyclic) bond motifs is 1. The van der Waals surface area contributed by atoms with E-state index in [2.05, 4.69) is 16.3 Å². The smallest absolute Gasteiger partial charge is 0.407 e. The van der Waals surface area contributed by atoms with E-state index in [1.54, 1.807) is 0 Å². The molecule has 0 bridgehead atoms. The summed E-state index contributed by atoms with van der Waals surface area (Å²) >= 11 is 6.51. The molecule has 28 heavy (non-hydrogen) atoms. The molecule has 1 amide bonds. The molecule has 0 saturated carbocycles. The molecule has 2 aromatic carbocycles. The van der Waals surface area contributed by atoms with Crippen LogP contribution in [-0.2, 0) is 11.3 Å². The fourth-order valence-electron chi connectivity index (χ4n) is 3.62. The third-order valence-corrected chi connectivity index (χ3v) is 4.99. The van der Waals surface area contributed by atoms with Crippen LogP contribution in [0.15, 0.2) is 30.3 Å². The van der Waals surface area contributed by atoms with Crippen molar-refractivity contribution in [1.82, 2.24) is 10.2 Å². The number of likely N-dealkylation sites (tertiary alicyclic amines) is 1. The van der Waals surface area contributed by atoms with Crippen LogP contribution < -0.4 is 10.1 Å². The molecule has 152 valence electrons. The standard InChI is InChI=1S/C22H29ClN2O3/c1-5-27-20-18-9-7-6-8-17(18)15(12-19(20)23)13-25-11-10-16(14-25)24-21(26)28-22(2,3)4/h6-9,12,16H,5,10-11,13-14H2,1-4H3,(H,24,26). The molecule has 0 aliphatic carbocycles. The van der Waals surface area contributed by atoms with Gasteiger partial charge in [0.25, 0.3) is 0 Å². The molecular formula is C22H29ClN2O3. The van der Waals surface area contributed by atoms with E-state index in [0.717, 1.165) is 42.6 Å². The van der Waals surface area contributed by atoms with Crippen molar-refractivity contribution in [3.63, 3.8) is 0 Å². The minimum atomic E-state index is -0.486. The topological polar surface area (TPSA) is 50.8 Å². The van der Waals surface area contributed by atoms with E-state index in [4.69, 9.17) is 21.1 Å². The van der Waals surface area contributed by atoms with Crippen LogP contribution in [-0.4, -0.2) is 42.3 Å². The first-order valence-corrected chi connectivity index (χ1v) is 10.2. The number of hydrogen-bond acceptors (Lipinski definition) is 4. The summed E-state index contributed by atoms with van der Waals surface area (Å²) in [6, 6.07) is 10.3. The van der Waals surface area contributed by atoms with E-state index in [0.29, 0.717) is 11.6 Å². The van der Waals surface area contributed by atoms with Crippen molar-refractivity contribution in [3.8, 4) is 5.75 Å². The van der Waals surface area contributed by atoms with E-state index in [-0.39, 0.29) is 12.1 Å². The second-order valence-electron chi connectivity index (χ2n) is 8.19. The van der Waals surface area contributed by atoms with Crippen molar-refractivity contribution in [2.75, 3.05) is 19.7 Å². The normalized spacial score (nSPS) is 17.7. The highest BCUT2D eigenvalue weighted by Crippen LogP contribution is 2.36. The SMILES string of the molecule is CCOc1c(Cl)cc(CN2CCC(NC(=O)OC(C)(C)C)C2)c2ccccc12. The third-order valence-electron chi connectivity index (χ3n) is 4.71. The highest BCUT2D eigenvalue weighted by Gasteiger charge is 2.26. The first-order chi connectivity index (χ1) is 13.3. The molecule has 1 saturated heterocycles. The molecule has 1 aliphatic rings. The van der Waals surface area contributed by atoms with E-state index >= 15 is 0 Å². The molecule has 1 fully saturated rings. The van der Waals surface area contributed by atoms with Gasteiger partial charge in [0.1, 0.15) is 11.4 Å². The number of halogens is 1. The van der Waals surface area contributed by atoms with Gasteiger partial charge in [-0.1, -0.05) is 35.9 Å². The van der Waals surface area contributed by atoms with Gasteiger partial charge in [-0.3, -0.25) is 4.90 Å². The number of rotatable bonds is 5. The molecule has 2 aromatic rings. The molecule has 5 nitrogen and oxygen atoms in total. The van der Waals surface area contributed by atoms with Gasteiger partial charge < -0.3 is 14.8 Å². The van der Waals surface area contributed by atoms with Crippen molar-refractivity contribution in [2.24, 2.45) is 0 Å². The molecule has 0 spiro atoms. The van der Waals surface area contributed by atoms with Crippen LogP contribution in [0.25, 0.3) is 10.8 Å². The minimum absolute atomic E-state index is 0.0966. The minimum Gasteiger partial charge on any atom is -0.492 e. The molecule has 6 heteroatoms. The number of carbonyl (C=O) groups is 1. The summed E-state index contributed by atoms with van der Waals surface area (Å²) in [5.74, 6) is 0.745. The average Bonchev–Trinajstić information content (AvgIpc) is 3.03. The lowest BCUT2D eigenvalue weighted by Gasteiger charge is -2.22. The monoisotopic (exact) mass is 404 g/mol. The Labute approximate surface area is 171 Å². The van der Waals surface area contributed by atoms with Crippen molar-refractivity contribution in [2.45, 2.75) is 52.3 Å². The van der Waals surface area contributed by atoms with E-state index < -0.39 is 5.60 Å². The van der Waals surface area contributed by atoms with Gasteiger partial charge in [0, 0.05) is 31.1 Å². The number of hydrogen-bond donors (Lipinski definition) is 1. The Kier molecular flexibility index (Phi) is 6.36. The highest BCUT2D eigenvalue weighted by molar-refractivity contribution is 6.33. The Hall–Kier alpha value is -1.98. The summed E-state index contributed by atoms with van der Waals surface area (Å²) in [6.07, 6.45) is 0.552. The first-order valence-electron chi connectivity index (χ1n) is 9.81. The van der Waals surface area contributed by atoms with Crippen molar-refractivity contribution >= 4 is 28.5 Å². The highest BCUT2D eigenvalue weighted by atomic mass is 35.5. The number of nitrogens with one attached hydrogen (secondary N) is 1. The van der Waals surface area contributed by atoms with Crippen LogP contribution in [0.3, 0.4) is 0 Å². The quantitative estimate of drug-likeness (QED) is 0.762. The summed E-state index contributed by atoms with van der Waals surface area (Å²) < 4.78 is 11.1. The fourth-order valence-corrected chi connectivity index (χ4v) is 3.91. The van der Waals surface area contributed by atoms with E-state index in [1.165, 1.54) is 5.56 Å². The lowest BCUT2D eigenvalue weighted by atomic mass is 10.0. The van der Waals surface area contributed by atoms with Gasteiger partial charge in [0.15, 0.2) is 0 Å². The van der Waals surface area contributed by atoms with Crippen molar-refractivity contribution in [1.29, 1.82) is 0 Å². The van der Waals surface area contributed by atoms with Gasteiger partial charge in [-0.25, -0.2) is 4.79 Å². The van der Waals surface area contributed by atoms with Crippen LogP contribution in [0.4, 0.5) is 4.79 Å². The maximum absolute atomic E-state index is 12.0. The molecule has 1 heterocycles. The number of amides is 1. The zero-order chi connectivity index (χ0) is 20.3. The van der Waals surface area contributed by atoms with Crippen LogP contribution in [0.1, 0.15) is 39.7 Å². The molecular weight excluding hydrogens is 376 g/mol. The largest absolute Gasteiger partial charge is 0.492 e. The predicted molar refractivity (Wildman–Crippen MR) is 113 cm³/mol. The van der Waals surface area contributed by atoms with Gasteiger partial charge >= 0.3 is 6.09 Å². The number of carbonyl (C=O) groups excluding carboxylic acids is 1. The third kappa shape index (κ3) is 5.09. The van der Waals surface area contributed by atoms with Crippen molar-refractivity contribution in [3.05, 3.63) is 40.9 Å². The summed E-state index contributed by atoms with van der Waals surface area (Å²) in [6.45, 7) is 10.6. The van der Waals surface area contributed by atoms with Gasteiger partial charge in [-0.15, -0.1) is 0 Å². The number of alkyl carbamates (subject to hydrolysis) is 1. The van der Waals surface area contributed by atoms with Crippen LogP contribution in [0, 0.1) is 0 Å². The number of nitrogens with zero attached hydrogens (tertiary/aromatic N) is 1. The maximum atomic E-state index is 12.0. The van der Waals surface area contributed by atoms with Crippen LogP contribution in [0.2, 0.25) is 5.02 Å². The molecule has 1 aliphatic heterocycles. The Morgan fingerprint density at radius 2 is 2.00 bits per heavy atom. The Bertz CT molecular complexity index is 848. The second kappa shape index (κ2) is 8.58. The average molecular weight is 405 g/mol. The van der Waals surface area contributed by atoms with Gasteiger partial charge in [0.05, 0.1) is 11.6 Å². The Morgan fingerprint density at radius 3 is 2.68 bits per heavy atom. The van der Waals surface area contributed by atoms with E-state index in [9.17, 15) is 4.79 Å². The molecule has 1 unspecified atom stereocenters. The zero-order valence-corrected chi connectivity index (χ0v) is 17.8. The predicted octanol–water partition coefficient (Wildman–Crippen LogP) is 4.99. The second-order valence-corrected chi connectivity index (χ2v) is 8.60. The molecule has 1 atom stereocenters. The van der Waals surface area contributed by atoms with Gasteiger partial charge in [0.2, 0.25) is 0 Å². The first kappa shape index (κ1) is 20.7. The maximum Gasteiger partial charge on any atom is 0.407 e. The molecule has 3 rings (SSSR count). The lowest BCUT2D eigenvalue weighted by Crippen LogP contribution is -2.40. The summed E-state index contributed by atoms with van der Waals surface area (Å²) in [7, 11) is 0. The molecule has 1 N–H and O–H groups in total.